The molecule has 2 rings (SSSR count). The SMILES string of the molecule is CC(C)(C)[C@@H](N)C(=O)N1CCOCC1C(=O)NC1CC1. The van der Waals surface area contributed by atoms with E-state index in [1.807, 2.05) is 20.8 Å². The third-order valence-electron chi connectivity index (χ3n) is 3.84. The number of morpholine rings is 1. The summed E-state index contributed by atoms with van der Waals surface area (Å²) in [6.45, 7) is 6.90. The fourth-order valence-corrected chi connectivity index (χ4v) is 2.16. The van der Waals surface area contributed by atoms with Crippen LogP contribution in [-0.2, 0) is 14.3 Å². The van der Waals surface area contributed by atoms with E-state index in [0.717, 1.165) is 12.8 Å². The third-order valence-corrected chi connectivity index (χ3v) is 3.84. The lowest BCUT2D eigenvalue weighted by molar-refractivity contribution is -0.151. The molecule has 6 nitrogen and oxygen atoms in total. The number of carbonyl (C=O) groups is 2. The van der Waals surface area contributed by atoms with Crippen molar-refractivity contribution in [3.8, 4) is 0 Å². The highest BCUT2D eigenvalue weighted by atomic mass is 16.5. The van der Waals surface area contributed by atoms with E-state index in [4.69, 9.17) is 10.5 Å². The molecule has 2 atom stereocenters. The number of hydrogen-bond acceptors (Lipinski definition) is 4. The summed E-state index contributed by atoms with van der Waals surface area (Å²) in [5, 5.41) is 2.93. The zero-order valence-corrected chi connectivity index (χ0v) is 12.5. The molecule has 0 spiro atoms. The Hall–Kier alpha value is -1.14. The Morgan fingerprint density at radius 2 is 2.00 bits per heavy atom. The first-order valence-corrected chi connectivity index (χ1v) is 7.25. The van der Waals surface area contributed by atoms with Crippen molar-refractivity contribution in [2.75, 3.05) is 19.8 Å². The van der Waals surface area contributed by atoms with Crippen LogP contribution in [0.3, 0.4) is 0 Å². The van der Waals surface area contributed by atoms with Gasteiger partial charge in [0.05, 0.1) is 19.3 Å². The summed E-state index contributed by atoms with van der Waals surface area (Å²) in [5.74, 6) is -0.293. The molecule has 3 N–H and O–H groups in total. The standard InChI is InChI=1S/C14H25N3O3/c1-14(2,3)11(15)13(19)17-6-7-20-8-10(17)12(18)16-9-4-5-9/h9-11H,4-8,15H2,1-3H3,(H,16,18)/t10?,11-/m0/s1. The summed E-state index contributed by atoms with van der Waals surface area (Å²) in [6, 6.07) is -0.889. The van der Waals surface area contributed by atoms with Crippen molar-refractivity contribution in [2.45, 2.75) is 51.7 Å². The minimum absolute atomic E-state index is 0.123. The molecular formula is C14H25N3O3. The van der Waals surface area contributed by atoms with E-state index in [9.17, 15) is 9.59 Å². The summed E-state index contributed by atoms with van der Waals surface area (Å²) in [4.78, 5) is 26.3. The van der Waals surface area contributed by atoms with E-state index in [0.29, 0.717) is 13.2 Å². The fraction of sp³-hybridized carbons (Fsp3) is 0.857. The maximum Gasteiger partial charge on any atom is 0.245 e. The highest BCUT2D eigenvalue weighted by Crippen LogP contribution is 2.22. The van der Waals surface area contributed by atoms with E-state index < -0.39 is 12.1 Å². The molecule has 0 aromatic heterocycles. The molecule has 1 saturated carbocycles. The normalized spacial score (nSPS) is 25.2. The van der Waals surface area contributed by atoms with Gasteiger partial charge in [0.2, 0.25) is 11.8 Å². The predicted octanol–water partition coefficient (Wildman–Crippen LogP) is -0.134. The molecule has 6 heteroatoms. The van der Waals surface area contributed by atoms with Gasteiger partial charge in [-0.25, -0.2) is 0 Å². The molecule has 2 amide bonds. The minimum Gasteiger partial charge on any atom is -0.377 e. The maximum absolute atomic E-state index is 12.5. The number of carbonyl (C=O) groups excluding carboxylic acids is 2. The molecule has 20 heavy (non-hydrogen) atoms. The number of hydrogen-bond donors (Lipinski definition) is 2. The Morgan fingerprint density at radius 1 is 1.35 bits per heavy atom. The van der Waals surface area contributed by atoms with Crippen LogP contribution < -0.4 is 11.1 Å². The Kier molecular flexibility index (Phi) is 4.34. The summed E-state index contributed by atoms with van der Waals surface area (Å²) >= 11 is 0. The fourth-order valence-electron chi connectivity index (χ4n) is 2.16. The molecule has 0 bridgehead atoms. The van der Waals surface area contributed by atoms with Gasteiger partial charge in [0.25, 0.3) is 0 Å². The first kappa shape index (κ1) is 15.3. The Bertz CT molecular complexity index is 388. The average Bonchev–Trinajstić information content (AvgIpc) is 3.19. The first-order chi connectivity index (χ1) is 9.30. The number of amides is 2. The van der Waals surface area contributed by atoms with E-state index in [1.54, 1.807) is 4.90 Å². The second-order valence-electron chi connectivity index (χ2n) is 6.75. The van der Waals surface area contributed by atoms with Crippen molar-refractivity contribution in [2.24, 2.45) is 11.1 Å². The zero-order chi connectivity index (χ0) is 14.9. The topological polar surface area (TPSA) is 84.7 Å². The molecule has 0 aromatic carbocycles. The van der Waals surface area contributed by atoms with Crippen LogP contribution in [0.4, 0.5) is 0 Å². The van der Waals surface area contributed by atoms with Crippen LogP contribution in [0.25, 0.3) is 0 Å². The van der Waals surface area contributed by atoms with Gasteiger partial charge in [-0.2, -0.15) is 0 Å². The number of ether oxygens (including phenoxy) is 1. The molecule has 2 aliphatic rings. The molecule has 0 aromatic rings. The van der Waals surface area contributed by atoms with Crippen molar-refractivity contribution < 1.29 is 14.3 Å². The van der Waals surface area contributed by atoms with Crippen molar-refractivity contribution in [3.05, 3.63) is 0 Å². The lowest BCUT2D eigenvalue weighted by atomic mass is 9.86. The van der Waals surface area contributed by atoms with Crippen molar-refractivity contribution >= 4 is 11.8 Å². The molecular weight excluding hydrogens is 258 g/mol. The summed E-state index contributed by atoms with van der Waals surface area (Å²) in [6.07, 6.45) is 2.05. The summed E-state index contributed by atoms with van der Waals surface area (Å²) in [7, 11) is 0. The van der Waals surface area contributed by atoms with Gasteiger partial charge in [0, 0.05) is 12.6 Å². The average molecular weight is 283 g/mol. The van der Waals surface area contributed by atoms with E-state index in [-0.39, 0.29) is 29.9 Å². The lowest BCUT2D eigenvalue weighted by Crippen LogP contribution is -2.61. The monoisotopic (exact) mass is 283 g/mol. The number of nitrogens with zero attached hydrogens (tertiary/aromatic N) is 1. The van der Waals surface area contributed by atoms with Gasteiger partial charge in [-0.15, -0.1) is 0 Å². The number of nitrogens with two attached hydrogens (primary N) is 1. The molecule has 114 valence electrons. The molecule has 1 saturated heterocycles. The molecule has 0 radical (unpaired) electrons. The van der Waals surface area contributed by atoms with Gasteiger partial charge in [-0.1, -0.05) is 20.8 Å². The summed E-state index contributed by atoms with van der Waals surface area (Å²) in [5.41, 5.74) is 5.71. The van der Waals surface area contributed by atoms with Gasteiger partial charge in [-0.05, 0) is 18.3 Å². The quantitative estimate of drug-likeness (QED) is 0.755. The second-order valence-corrected chi connectivity index (χ2v) is 6.75. The van der Waals surface area contributed by atoms with Crippen LogP contribution in [0.15, 0.2) is 0 Å². The molecule has 1 aliphatic heterocycles. The van der Waals surface area contributed by atoms with Crippen LogP contribution in [-0.4, -0.2) is 54.6 Å². The maximum atomic E-state index is 12.5. The molecule has 1 unspecified atom stereocenters. The largest absolute Gasteiger partial charge is 0.377 e. The van der Waals surface area contributed by atoms with Crippen molar-refractivity contribution in [1.82, 2.24) is 10.2 Å². The number of rotatable bonds is 3. The predicted molar refractivity (Wildman–Crippen MR) is 74.9 cm³/mol. The zero-order valence-electron chi connectivity index (χ0n) is 12.5. The van der Waals surface area contributed by atoms with Crippen LogP contribution in [0, 0.1) is 5.41 Å². The molecule has 1 heterocycles. The minimum atomic E-state index is -0.614. The van der Waals surface area contributed by atoms with Crippen molar-refractivity contribution in [1.29, 1.82) is 0 Å². The van der Waals surface area contributed by atoms with E-state index in [2.05, 4.69) is 5.32 Å². The third kappa shape index (κ3) is 3.49. The highest BCUT2D eigenvalue weighted by Gasteiger charge is 2.39. The molecule has 2 fully saturated rings. The van der Waals surface area contributed by atoms with Crippen LogP contribution in [0.1, 0.15) is 33.6 Å². The second kappa shape index (κ2) is 5.69. The highest BCUT2D eigenvalue weighted by molar-refractivity contribution is 5.90. The van der Waals surface area contributed by atoms with Gasteiger partial charge < -0.3 is 20.7 Å². The number of nitrogens with one attached hydrogen (secondary N) is 1. The Labute approximate surface area is 120 Å². The summed E-state index contributed by atoms with van der Waals surface area (Å²) < 4.78 is 5.36. The van der Waals surface area contributed by atoms with Gasteiger partial charge in [0.15, 0.2) is 0 Å². The van der Waals surface area contributed by atoms with Crippen LogP contribution in [0.5, 0.6) is 0 Å². The van der Waals surface area contributed by atoms with Gasteiger partial charge in [-0.3, -0.25) is 9.59 Å². The van der Waals surface area contributed by atoms with Crippen LogP contribution in [0.2, 0.25) is 0 Å². The first-order valence-electron chi connectivity index (χ1n) is 7.25. The van der Waals surface area contributed by atoms with Gasteiger partial charge in [0.1, 0.15) is 6.04 Å². The Balaban J connectivity index is 2.05. The molecule has 1 aliphatic carbocycles. The Morgan fingerprint density at radius 3 is 2.55 bits per heavy atom. The lowest BCUT2D eigenvalue weighted by Gasteiger charge is -2.38. The van der Waals surface area contributed by atoms with Crippen LogP contribution >= 0.6 is 0 Å². The smallest absolute Gasteiger partial charge is 0.245 e. The van der Waals surface area contributed by atoms with E-state index >= 15 is 0 Å². The van der Waals surface area contributed by atoms with E-state index in [1.165, 1.54) is 0 Å². The van der Waals surface area contributed by atoms with Crippen molar-refractivity contribution in [3.63, 3.8) is 0 Å². The van der Waals surface area contributed by atoms with Gasteiger partial charge >= 0.3 is 0 Å².